The van der Waals surface area contributed by atoms with Crippen molar-refractivity contribution in [2.24, 2.45) is 0 Å². The quantitative estimate of drug-likeness (QED) is 0.773. The smallest absolute Gasteiger partial charge is 0.329 e. The molecule has 1 aliphatic heterocycles. The Morgan fingerprint density at radius 2 is 1.94 bits per heavy atom. The zero-order valence-corrected chi connectivity index (χ0v) is 10.6. The summed E-state index contributed by atoms with van der Waals surface area (Å²) in [7, 11) is 1.52. The molecule has 1 heterocycles. The summed E-state index contributed by atoms with van der Waals surface area (Å²) in [5, 5.41) is 9.08. The van der Waals surface area contributed by atoms with Crippen molar-refractivity contribution in [2.45, 2.75) is 25.8 Å². The van der Waals surface area contributed by atoms with Crippen molar-refractivity contribution in [3.05, 3.63) is 0 Å². The predicted octanol–water partition coefficient (Wildman–Crippen LogP) is 0.624. The molecule has 0 spiro atoms. The number of carboxylic acids is 1. The predicted molar refractivity (Wildman–Crippen MR) is 61.9 cm³/mol. The van der Waals surface area contributed by atoms with Gasteiger partial charge in [-0.25, -0.2) is 9.59 Å². The van der Waals surface area contributed by atoms with E-state index < -0.39 is 11.5 Å². The van der Waals surface area contributed by atoms with E-state index in [1.54, 1.807) is 4.90 Å². The van der Waals surface area contributed by atoms with Crippen molar-refractivity contribution in [1.82, 2.24) is 9.80 Å². The second kappa shape index (κ2) is 5.35. The summed E-state index contributed by atoms with van der Waals surface area (Å²) in [5.41, 5.74) is -1.20. The molecule has 1 saturated heterocycles. The summed E-state index contributed by atoms with van der Waals surface area (Å²) >= 11 is 0. The SMILES string of the molecule is CN(C(=O)N1CCCOCC1)C(C)(C)C(=O)O. The normalized spacial score (nSPS) is 17.5. The van der Waals surface area contributed by atoms with Gasteiger partial charge in [-0.2, -0.15) is 0 Å². The van der Waals surface area contributed by atoms with E-state index >= 15 is 0 Å². The number of hydrogen-bond acceptors (Lipinski definition) is 3. The fourth-order valence-corrected chi connectivity index (χ4v) is 1.53. The summed E-state index contributed by atoms with van der Waals surface area (Å²) < 4.78 is 5.26. The average molecular weight is 244 g/mol. The van der Waals surface area contributed by atoms with Crippen LogP contribution in [0, 0.1) is 0 Å². The maximum Gasteiger partial charge on any atom is 0.329 e. The lowest BCUT2D eigenvalue weighted by molar-refractivity contribution is -0.147. The van der Waals surface area contributed by atoms with E-state index in [0.29, 0.717) is 26.3 Å². The summed E-state index contributed by atoms with van der Waals surface area (Å²) in [4.78, 5) is 26.1. The lowest BCUT2D eigenvalue weighted by Crippen LogP contribution is -2.55. The molecule has 0 saturated carbocycles. The van der Waals surface area contributed by atoms with Gasteiger partial charge in [0.05, 0.1) is 6.61 Å². The number of amides is 2. The van der Waals surface area contributed by atoms with Gasteiger partial charge in [0.15, 0.2) is 0 Å². The minimum Gasteiger partial charge on any atom is -0.480 e. The Balaban J connectivity index is 2.71. The molecule has 0 aliphatic carbocycles. The molecule has 1 rings (SSSR count). The van der Waals surface area contributed by atoms with Crippen LogP contribution in [0.1, 0.15) is 20.3 Å². The Bertz CT molecular complexity index is 296. The first kappa shape index (κ1) is 13.8. The molecule has 0 aromatic rings. The monoisotopic (exact) mass is 244 g/mol. The van der Waals surface area contributed by atoms with Crippen molar-refractivity contribution < 1.29 is 19.4 Å². The number of likely N-dealkylation sites (N-methyl/N-ethyl adjacent to an activating group) is 1. The third-order valence-electron chi connectivity index (χ3n) is 3.14. The Kier molecular flexibility index (Phi) is 4.34. The van der Waals surface area contributed by atoms with Crippen LogP contribution >= 0.6 is 0 Å². The second-order valence-corrected chi connectivity index (χ2v) is 4.66. The topological polar surface area (TPSA) is 70.1 Å². The van der Waals surface area contributed by atoms with Crippen LogP contribution in [0.25, 0.3) is 0 Å². The van der Waals surface area contributed by atoms with E-state index in [0.717, 1.165) is 6.42 Å². The van der Waals surface area contributed by atoms with E-state index in [1.165, 1.54) is 25.8 Å². The third kappa shape index (κ3) is 3.09. The van der Waals surface area contributed by atoms with Crippen molar-refractivity contribution in [3.63, 3.8) is 0 Å². The number of carbonyl (C=O) groups is 2. The van der Waals surface area contributed by atoms with Gasteiger partial charge in [0.1, 0.15) is 5.54 Å². The van der Waals surface area contributed by atoms with Crippen LogP contribution in [0.5, 0.6) is 0 Å². The molecule has 0 bridgehead atoms. The van der Waals surface area contributed by atoms with Crippen LogP contribution < -0.4 is 0 Å². The molecule has 2 amide bonds. The zero-order chi connectivity index (χ0) is 13.1. The van der Waals surface area contributed by atoms with Crippen LogP contribution in [-0.2, 0) is 9.53 Å². The van der Waals surface area contributed by atoms with E-state index in [9.17, 15) is 9.59 Å². The van der Waals surface area contributed by atoms with E-state index in [4.69, 9.17) is 9.84 Å². The minimum absolute atomic E-state index is 0.261. The number of ether oxygens (including phenoxy) is 1. The summed E-state index contributed by atoms with van der Waals surface area (Å²) in [5.74, 6) is -1.01. The van der Waals surface area contributed by atoms with E-state index in [1.807, 2.05) is 0 Å². The van der Waals surface area contributed by atoms with Gasteiger partial charge in [-0.05, 0) is 20.3 Å². The molecule has 0 aromatic carbocycles. The van der Waals surface area contributed by atoms with Gasteiger partial charge in [0.2, 0.25) is 0 Å². The summed E-state index contributed by atoms with van der Waals surface area (Å²) in [6, 6.07) is -0.261. The first-order chi connectivity index (χ1) is 7.87. The molecule has 0 aromatic heterocycles. The Hall–Kier alpha value is -1.30. The van der Waals surface area contributed by atoms with Crippen LogP contribution in [0.3, 0.4) is 0 Å². The third-order valence-corrected chi connectivity index (χ3v) is 3.14. The molecule has 98 valence electrons. The number of rotatable bonds is 2. The maximum atomic E-state index is 12.1. The van der Waals surface area contributed by atoms with Crippen molar-refractivity contribution in [3.8, 4) is 0 Å². The molecule has 0 atom stereocenters. The molecule has 6 heteroatoms. The van der Waals surface area contributed by atoms with E-state index in [-0.39, 0.29) is 6.03 Å². The highest BCUT2D eigenvalue weighted by Gasteiger charge is 2.37. The van der Waals surface area contributed by atoms with Crippen molar-refractivity contribution in [2.75, 3.05) is 33.4 Å². The Labute approximate surface area is 101 Å². The molecule has 1 fully saturated rings. The van der Waals surface area contributed by atoms with Gasteiger partial charge in [0, 0.05) is 26.7 Å². The molecule has 1 aliphatic rings. The maximum absolute atomic E-state index is 12.1. The minimum atomic E-state index is -1.20. The van der Waals surface area contributed by atoms with Gasteiger partial charge in [-0.15, -0.1) is 0 Å². The summed E-state index contributed by atoms with van der Waals surface area (Å²) in [6.45, 7) is 5.31. The van der Waals surface area contributed by atoms with Gasteiger partial charge in [-0.1, -0.05) is 0 Å². The zero-order valence-electron chi connectivity index (χ0n) is 10.6. The Morgan fingerprint density at radius 1 is 1.29 bits per heavy atom. The van der Waals surface area contributed by atoms with Gasteiger partial charge in [0.25, 0.3) is 0 Å². The average Bonchev–Trinajstić information content (AvgIpc) is 2.55. The molecule has 0 unspecified atom stereocenters. The summed E-state index contributed by atoms with van der Waals surface area (Å²) in [6.07, 6.45) is 0.785. The fraction of sp³-hybridized carbons (Fsp3) is 0.818. The lowest BCUT2D eigenvalue weighted by Gasteiger charge is -2.35. The van der Waals surface area contributed by atoms with E-state index in [2.05, 4.69) is 0 Å². The van der Waals surface area contributed by atoms with Crippen molar-refractivity contribution in [1.29, 1.82) is 0 Å². The number of carbonyl (C=O) groups excluding carboxylic acids is 1. The van der Waals surface area contributed by atoms with Gasteiger partial charge >= 0.3 is 12.0 Å². The number of aliphatic carboxylic acids is 1. The molecule has 6 nitrogen and oxygen atoms in total. The molecular formula is C11H20N2O4. The van der Waals surface area contributed by atoms with Crippen LogP contribution in [0.2, 0.25) is 0 Å². The first-order valence-electron chi connectivity index (χ1n) is 5.71. The highest BCUT2D eigenvalue weighted by molar-refractivity contribution is 5.85. The van der Waals surface area contributed by atoms with Crippen LogP contribution in [0.15, 0.2) is 0 Å². The number of hydrogen-bond donors (Lipinski definition) is 1. The van der Waals surface area contributed by atoms with Crippen LogP contribution in [-0.4, -0.2) is 65.8 Å². The fourth-order valence-electron chi connectivity index (χ4n) is 1.53. The highest BCUT2D eigenvalue weighted by atomic mass is 16.5. The van der Waals surface area contributed by atoms with Gasteiger partial charge in [-0.3, -0.25) is 0 Å². The molecule has 1 N–H and O–H groups in total. The largest absolute Gasteiger partial charge is 0.480 e. The van der Waals surface area contributed by atoms with Gasteiger partial charge < -0.3 is 19.6 Å². The lowest BCUT2D eigenvalue weighted by atomic mass is 10.0. The van der Waals surface area contributed by atoms with Crippen molar-refractivity contribution >= 4 is 12.0 Å². The molecule has 17 heavy (non-hydrogen) atoms. The standard InChI is InChI=1S/C11H20N2O4/c1-11(2,9(14)15)12(3)10(16)13-5-4-7-17-8-6-13/h4-8H2,1-3H3,(H,14,15). The second-order valence-electron chi connectivity index (χ2n) is 4.66. The van der Waals surface area contributed by atoms with Crippen LogP contribution in [0.4, 0.5) is 4.79 Å². The molecular weight excluding hydrogens is 224 g/mol. The first-order valence-corrected chi connectivity index (χ1v) is 5.71. The number of nitrogens with zero attached hydrogens (tertiary/aromatic N) is 2. The molecule has 0 radical (unpaired) electrons. The Morgan fingerprint density at radius 3 is 2.53 bits per heavy atom. The number of carboxylic acid groups (broad SMARTS) is 1. The highest BCUT2D eigenvalue weighted by Crippen LogP contribution is 2.15. The number of urea groups is 1.